The maximum atomic E-state index is 12.8. The van der Waals surface area contributed by atoms with Gasteiger partial charge in [-0.1, -0.05) is 12.5 Å². The number of alkyl halides is 3. The van der Waals surface area contributed by atoms with Crippen LogP contribution in [0.4, 0.5) is 18.9 Å². The number of piperidine rings is 1. The van der Waals surface area contributed by atoms with Gasteiger partial charge in [0.15, 0.2) is 0 Å². The Morgan fingerprint density at radius 3 is 2.21 bits per heavy atom. The molecule has 1 fully saturated rings. The molecule has 0 aromatic heterocycles. The Balaban J connectivity index is 1.74. The van der Waals surface area contributed by atoms with E-state index in [0.717, 1.165) is 31.4 Å². The highest BCUT2D eigenvalue weighted by atomic mass is 32.2. The van der Waals surface area contributed by atoms with Crippen molar-refractivity contribution in [2.75, 3.05) is 18.4 Å². The van der Waals surface area contributed by atoms with E-state index in [2.05, 4.69) is 5.32 Å². The van der Waals surface area contributed by atoms with Crippen LogP contribution < -0.4 is 5.32 Å². The number of benzene rings is 2. The third kappa shape index (κ3) is 4.53. The SMILES string of the molecule is O=C(Nc1cccc(C(F)(F)F)c1)c1ccc(S(=O)(=O)N2CCCCC2)cc1. The molecule has 5 nitrogen and oxygen atoms in total. The molecular formula is C19H19F3N2O3S. The van der Waals surface area contributed by atoms with Crippen molar-refractivity contribution in [3.63, 3.8) is 0 Å². The van der Waals surface area contributed by atoms with E-state index in [1.165, 1.54) is 40.7 Å². The first-order chi connectivity index (χ1) is 13.2. The molecule has 0 unspecified atom stereocenters. The first kappa shape index (κ1) is 20.3. The Kier molecular flexibility index (Phi) is 5.76. The second kappa shape index (κ2) is 7.92. The quantitative estimate of drug-likeness (QED) is 0.821. The summed E-state index contributed by atoms with van der Waals surface area (Å²) >= 11 is 0. The summed E-state index contributed by atoms with van der Waals surface area (Å²) < 4.78 is 64.9. The zero-order chi connectivity index (χ0) is 20.4. The van der Waals surface area contributed by atoms with Crippen LogP contribution in [0.15, 0.2) is 53.4 Å². The van der Waals surface area contributed by atoms with Gasteiger partial charge in [-0.2, -0.15) is 17.5 Å². The summed E-state index contributed by atoms with van der Waals surface area (Å²) in [6, 6.07) is 9.67. The number of nitrogens with zero attached hydrogens (tertiary/aromatic N) is 1. The van der Waals surface area contributed by atoms with E-state index in [1.54, 1.807) is 0 Å². The van der Waals surface area contributed by atoms with E-state index in [4.69, 9.17) is 0 Å². The lowest BCUT2D eigenvalue weighted by Gasteiger charge is -2.25. The molecule has 1 amide bonds. The molecule has 3 rings (SSSR count). The minimum absolute atomic E-state index is 0.00448. The van der Waals surface area contributed by atoms with Gasteiger partial charge in [-0.05, 0) is 55.3 Å². The third-order valence-electron chi connectivity index (χ3n) is 4.52. The van der Waals surface area contributed by atoms with Crippen molar-refractivity contribution in [2.24, 2.45) is 0 Å². The fraction of sp³-hybridized carbons (Fsp3) is 0.316. The van der Waals surface area contributed by atoms with Gasteiger partial charge in [0.2, 0.25) is 10.0 Å². The van der Waals surface area contributed by atoms with Crippen LogP contribution in [0.1, 0.15) is 35.2 Å². The second-order valence-electron chi connectivity index (χ2n) is 6.52. The maximum Gasteiger partial charge on any atom is 0.416 e. The lowest BCUT2D eigenvalue weighted by molar-refractivity contribution is -0.137. The number of anilines is 1. The molecule has 1 N–H and O–H groups in total. The third-order valence-corrected chi connectivity index (χ3v) is 6.43. The summed E-state index contributed by atoms with van der Waals surface area (Å²) in [5.74, 6) is -0.624. The van der Waals surface area contributed by atoms with Gasteiger partial charge in [0, 0.05) is 24.3 Å². The van der Waals surface area contributed by atoms with Crippen LogP contribution in [-0.2, 0) is 16.2 Å². The Labute approximate surface area is 161 Å². The average molecular weight is 412 g/mol. The molecule has 0 bridgehead atoms. The number of rotatable bonds is 4. The highest BCUT2D eigenvalue weighted by molar-refractivity contribution is 7.89. The van der Waals surface area contributed by atoms with E-state index < -0.39 is 27.7 Å². The molecular weight excluding hydrogens is 393 g/mol. The number of nitrogens with one attached hydrogen (secondary N) is 1. The summed E-state index contributed by atoms with van der Waals surface area (Å²) in [5.41, 5.74) is -0.715. The molecule has 0 saturated carbocycles. The minimum atomic E-state index is -4.51. The summed E-state index contributed by atoms with van der Waals surface area (Å²) in [6.07, 6.45) is -1.88. The molecule has 2 aromatic carbocycles. The van der Waals surface area contributed by atoms with E-state index in [9.17, 15) is 26.4 Å². The van der Waals surface area contributed by atoms with Gasteiger partial charge in [-0.25, -0.2) is 8.42 Å². The monoisotopic (exact) mass is 412 g/mol. The van der Waals surface area contributed by atoms with Crippen LogP contribution in [0.3, 0.4) is 0 Å². The van der Waals surface area contributed by atoms with Crippen molar-refractivity contribution in [3.8, 4) is 0 Å². The Morgan fingerprint density at radius 1 is 0.964 bits per heavy atom. The molecule has 0 atom stereocenters. The molecule has 1 saturated heterocycles. The van der Waals surface area contributed by atoms with Crippen LogP contribution in [-0.4, -0.2) is 31.7 Å². The van der Waals surface area contributed by atoms with Crippen LogP contribution in [0, 0.1) is 0 Å². The molecule has 0 spiro atoms. The van der Waals surface area contributed by atoms with Gasteiger partial charge in [-0.3, -0.25) is 4.79 Å². The number of sulfonamides is 1. The van der Waals surface area contributed by atoms with Crippen molar-refractivity contribution >= 4 is 21.6 Å². The fourth-order valence-corrected chi connectivity index (χ4v) is 4.53. The predicted molar refractivity (Wildman–Crippen MR) is 98.4 cm³/mol. The first-order valence-corrected chi connectivity index (χ1v) is 10.2. The van der Waals surface area contributed by atoms with Crippen LogP contribution in [0.2, 0.25) is 0 Å². The summed E-state index contributed by atoms with van der Waals surface area (Å²) in [7, 11) is -3.61. The number of halogens is 3. The van der Waals surface area contributed by atoms with Gasteiger partial charge in [0.1, 0.15) is 0 Å². The van der Waals surface area contributed by atoms with Crippen molar-refractivity contribution in [3.05, 3.63) is 59.7 Å². The molecule has 1 aliphatic heterocycles. The molecule has 1 heterocycles. The Bertz CT molecular complexity index is 951. The second-order valence-corrected chi connectivity index (χ2v) is 8.46. The number of hydrogen-bond donors (Lipinski definition) is 1. The molecule has 150 valence electrons. The molecule has 9 heteroatoms. The normalized spacial score (nSPS) is 16.0. The highest BCUT2D eigenvalue weighted by Crippen LogP contribution is 2.30. The molecule has 0 radical (unpaired) electrons. The highest BCUT2D eigenvalue weighted by Gasteiger charge is 2.30. The van der Waals surface area contributed by atoms with Crippen LogP contribution >= 0.6 is 0 Å². The minimum Gasteiger partial charge on any atom is -0.322 e. The van der Waals surface area contributed by atoms with Crippen molar-refractivity contribution in [2.45, 2.75) is 30.3 Å². The predicted octanol–water partition coefficient (Wildman–Crippen LogP) is 4.13. The van der Waals surface area contributed by atoms with Gasteiger partial charge in [0.25, 0.3) is 5.91 Å². The van der Waals surface area contributed by atoms with Gasteiger partial charge >= 0.3 is 6.18 Å². The number of hydrogen-bond acceptors (Lipinski definition) is 3. The average Bonchev–Trinajstić information content (AvgIpc) is 2.68. The molecule has 28 heavy (non-hydrogen) atoms. The zero-order valence-electron chi connectivity index (χ0n) is 14.9. The van der Waals surface area contributed by atoms with Crippen molar-refractivity contribution in [1.29, 1.82) is 0 Å². The maximum absolute atomic E-state index is 12.8. The number of carbonyl (C=O) groups is 1. The van der Waals surface area contributed by atoms with E-state index in [1.807, 2.05) is 0 Å². The van der Waals surface area contributed by atoms with Gasteiger partial charge in [0.05, 0.1) is 10.5 Å². The number of amides is 1. The lowest BCUT2D eigenvalue weighted by Crippen LogP contribution is -2.35. The summed E-state index contributed by atoms with van der Waals surface area (Å²) in [5, 5.41) is 2.39. The lowest BCUT2D eigenvalue weighted by atomic mass is 10.1. The van der Waals surface area contributed by atoms with Crippen molar-refractivity contribution in [1.82, 2.24) is 4.31 Å². The summed E-state index contributed by atoms with van der Waals surface area (Å²) in [4.78, 5) is 12.4. The Morgan fingerprint density at radius 2 is 1.61 bits per heavy atom. The van der Waals surface area contributed by atoms with E-state index >= 15 is 0 Å². The Hall–Kier alpha value is -2.39. The van der Waals surface area contributed by atoms with Crippen LogP contribution in [0.5, 0.6) is 0 Å². The topological polar surface area (TPSA) is 66.5 Å². The summed E-state index contributed by atoms with van der Waals surface area (Å²) in [6.45, 7) is 0.945. The van der Waals surface area contributed by atoms with Gasteiger partial charge < -0.3 is 5.32 Å². The first-order valence-electron chi connectivity index (χ1n) is 8.77. The zero-order valence-corrected chi connectivity index (χ0v) is 15.7. The van der Waals surface area contributed by atoms with E-state index in [-0.39, 0.29) is 16.1 Å². The molecule has 0 aliphatic carbocycles. The van der Waals surface area contributed by atoms with Crippen LogP contribution in [0.25, 0.3) is 0 Å². The largest absolute Gasteiger partial charge is 0.416 e. The number of carbonyl (C=O) groups excluding carboxylic acids is 1. The fourth-order valence-electron chi connectivity index (χ4n) is 3.01. The molecule has 2 aromatic rings. The smallest absolute Gasteiger partial charge is 0.322 e. The molecule has 1 aliphatic rings. The van der Waals surface area contributed by atoms with Gasteiger partial charge in [-0.15, -0.1) is 0 Å². The van der Waals surface area contributed by atoms with E-state index in [0.29, 0.717) is 13.1 Å². The standard InChI is InChI=1S/C19H19F3N2O3S/c20-19(21,22)15-5-4-6-16(13-15)23-18(25)14-7-9-17(10-8-14)28(26,27)24-11-2-1-3-12-24/h4-10,13H,1-3,11-12H2,(H,23,25). The van der Waals surface area contributed by atoms with Crippen molar-refractivity contribution < 1.29 is 26.4 Å².